The highest BCUT2D eigenvalue weighted by Gasteiger charge is 2.27. The Hall–Kier alpha value is -3.22. The molecule has 13 nitrogen and oxygen atoms in total. The summed E-state index contributed by atoms with van der Waals surface area (Å²) in [5.74, 6) is -6.23. The number of rotatable bonds is 13. The minimum absolute atomic E-state index is 0.119. The average molecular weight is 417 g/mol. The summed E-state index contributed by atoms with van der Waals surface area (Å²) in [6.45, 7) is 2.65. The molecule has 0 rings (SSSR count). The maximum atomic E-state index is 12.3. The van der Waals surface area contributed by atoms with E-state index in [1.54, 1.807) is 13.8 Å². The van der Waals surface area contributed by atoms with Crippen LogP contribution in [0, 0.1) is 5.92 Å². The van der Waals surface area contributed by atoms with Crippen LogP contribution in [0.15, 0.2) is 0 Å². The Balaban J connectivity index is 4.76. The summed E-state index contributed by atoms with van der Waals surface area (Å²) in [6, 6.07) is -3.73. The van der Waals surface area contributed by atoms with Gasteiger partial charge in [0.2, 0.25) is 23.6 Å². The van der Waals surface area contributed by atoms with E-state index in [1.807, 2.05) is 5.32 Å². The van der Waals surface area contributed by atoms with Crippen LogP contribution in [0.1, 0.15) is 33.1 Å². The highest BCUT2D eigenvalue weighted by atomic mass is 16.4. The quantitative estimate of drug-likeness (QED) is 0.160. The zero-order valence-corrected chi connectivity index (χ0v) is 16.1. The van der Waals surface area contributed by atoms with Crippen LogP contribution in [-0.2, 0) is 28.8 Å². The lowest BCUT2D eigenvalue weighted by molar-refractivity contribution is -0.143. The van der Waals surface area contributed by atoms with Gasteiger partial charge in [-0.2, -0.15) is 0 Å². The van der Waals surface area contributed by atoms with Gasteiger partial charge in [-0.15, -0.1) is 0 Å². The highest BCUT2D eigenvalue weighted by molar-refractivity contribution is 5.93. The number of primary amides is 1. The second kappa shape index (κ2) is 12.3. The van der Waals surface area contributed by atoms with Crippen molar-refractivity contribution in [1.29, 1.82) is 0 Å². The minimum Gasteiger partial charge on any atom is -0.481 e. The fourth-order valence-electron chi connectivity index (χ4n) is 2.13. The molecule has 29 heavy (non-hydrogen) atoms. The van der Waals surface area contributed by atoms with E-state index in [0.717, 1.165) is 0 Å². The predicted molar refractivity (Wildman–Crippen MR) is 98.0 cm³/mol. The molecule has 0 aromatic heterocycles. The number of hydrogen-bond acceptors (Lipinski definition) is 7. The number of hydrogen-bond donors (Lipinski definition) is 7. The van der Waals surface area contributed by atoms with E-state index in [4.69, 9.17) is 21.7 Å². The summed E-state index contributed by atoms with van der Waals surface area (Å²) in [5, 5.41) is 24.2. The van der Waals surface area contributed by atoms with Crippen LogP contribution < -0.4 is 27.4 Å². The van der Waals surface area contributed by atoms with E-state index in [-0.39, 0.29) is 12.8 Å². The van der Waals surface area contributed by atoms with Gasteiger partial charge in [0.15, 0.2) is 0 Å². The molecule has 0 saturated heterocycles. The number of carbonyl (C=O) groups excluding carboxylic acids is 4. The van der Waals surface area contributed by atoms with Gasteiger partial charge < -0.3 is 37.6 Å². The molecule has 0 spiro atoms. The zero-order chi connectivity index (χ0) is 22.7. The topological polar surface area (TPSA) is 231 Å². The molecular formula is C16H27N5O8. The zero-order valence-electron chi connectivity index (χ0n) is 16.1. The maximum Gasteiger partial charge on any atom is 0.326 e. The third-order valence-corrected chi connectivity index (χ3v) is 3.71. The van der Waals surface area contributed by atoms with E-state index in [1.165, 1.54) is 0 Å². The molecule has 0 aliphatic rings. The molecule has 3 atom stereocenters. The number of carboxylic acids is 2. The summed E-state index contributed by atoms with van der Waals surface area (Å²) in [5.41, 5.74) is 10.5. The molecule has 0 saturated carbocycles. The number of nitrogens with one attached hydrogen (secondary N) is 3. The smallest absolute Gasteiger partial charge is 0.326 e. The Labute approximate surface area is 166 Å². The number of aliphatic carboxylic acids is 2. The predicted octanol–water partition coefficient (Wildman–Crippen LogP) is -3.12. The van der Waals surface area contributed by atoms with Crippen molar-refractivity contribution in [1.82, 2.24) is 16.0 Å². The van der Waals surface area contributed by atoms with E-state index in [9.17, 15) is 28.8 Å². The molecule has 0 aliphatic heterocycles. The lowest BCUT2D eigenvalue weighted by Gasteiger charge is -2.23. The Bertz CT molecular complexity index is 651. The van der Waals surface area contributed by atoms with Crippen molar-refractivity contribution >= 4 is 35.6 Å². The first-order chi connectivity index (χ1) is 13.3. The van der Waals surface area contributed by atoms with Gasteiger partial charge in [-0.3, -0.25) is 24.0 Å². The molecule has 0 heterocycles. The lowest BCUT2D eigenvalue weighted by atomic mass is 10.0. The molecule has 0 aromatic carbocycles. The number of carboxylic acid groups (broad SMARTS) is 2. The monoisotopic (exact) mass is 417 g/mol. The van der Waals surface area contributed by atoms with Crippen LogP contribution in [0.3, 0.4) is 0 Å². The first-order valence-corrected chi connectivity index (χ1v) is 8.71. The number of nitrogens with two attached hydrogens (primary N) is 2. The van der Waals surface area contributed by atoms with Gasteiger partial charge in [0.05, 0.1) is 19.0 Å². The Morgan fingerprint density at radius 1 is 0.966 bits per heavy atom. The van der Waals surface area contributed by atoms with Crippen LogP contribution >= 0.6 is 0 Å². The van der Waals surface area contributed by atoms with Crippen molar-refractivity contribution in [2.45, 2.75) is 51.2 Å². The Morgan fingerprint density at radius 2 is 1.55 bits per heavy atom. The highest BCUT2D eigenvalue weighted by Crippen LogP contribution is 2.04. The van der Waals surface area contributed by atoms with Gasteiger partial charge >= 0.3 is 11.9 Å². The van der Waals surface area contributed by atoms with Gasteiger partial charge in [-0.05, 0) is 12.3 Å². The standard InChI is InChI=1S/C16H27N5O8/c1-7(2)13(21-14(26)8(17)3-4-12(24)25)15(27)19-6-11(23)20-9(16(28)29)5-10(18)22/h7-9,13H,3-6,17H2,1-2H3,(H2,18,22)(H,19,27)(H,20,23)(H,21,26)(H,24,25)(H,28,29). The van der Waals surface area contributed by atoms with E-state index >= 15 is 0 Å². The van der Waals surface area contributed by atoms with Crippen molar-refractivity contribution in [3.8, 4) is 0 Å². The molecule has 9 N–H and O–H groups in total. The number of amides is 4. The number of carbonyl (C=O) groups is 6. The maximum absolute atomic E-state index is 12.3. The Morgan fingerprint density at radius 3 is 2.00 bits per heavy atom. The molecular weight excluding hydrogens is 390 g/mol. The van der Waals surface area contributed by atoms with Crippen LogP contribution in [0.25, 0.3) is 0 Å². The van der Waals surface area contributed by atoms with Crippen molar-refractivity contribution in [2.75, 3.05) is 6.54 Å². The van der Waals surface area contributed by atoms with Crippen molar-refractivity contribution in [2.24, 2.45) is 17.4 Å². The van der Waals surface area contributed by atoms with E-state index in [0.29, 0.717) is 0 Å². The van der Waals surface area contributed by atoms with Gasteiger partial charge in [0.1, 0.15) is 12.1 Å². The fourth-order valence-corrected chi connectivity index (χ4v) is 2.13. The van der Waals surface area contributed by atoms with Crippen molar-refractivity contribution in [3.63, 3.8) is 0 Å². The molecule has 4 amide bonds. The van der Waals surface area contributed by atoms with Gasteiger partial charge in [-0.1, -0.05) is 13.8 Å². The summed E-state index contributed by atoms with van der Waals surface area (Å²) >= 11 is 0. The molecule has 0 radical (unpaired) electrons. The summed E-state index contributed by atoms with van der Waals surface area (Å²) in [7, 11) is 0. The second-order valence-electron chi connectivity index (χ2n) is 6.62. The fraction of sp³-hybridized carbons (Fsp3) is 0.625. The lowest BCUT2D eigenvalue weighted by Crippen LogP contribution is -2.55. The molecule has 0 bridgehead atoms. The molecule has 0 fully saturated rings. The summed E-state index contributed by atoms with van der Waals surface area (Å²) in [6.07, 6.45) is -1.05. The van der Waals surface area contributed by atoms with E-state index < -0.39 is 72.6 Å². The molecule has 3 unspecified atom stereocenters. The van der Waals surface area contributed by atoms with Crippen LogP contribution in [0.4, 0.5) is 0 Å². The third kappa shape index (κ3) is 10.6. The van der Waals surface area contributed by atoms with Crippen LogP contribution in [0.2, 0.25) is 0 Å². The van der Waals surface area contributed by atoms with Gasteiger partial charge in [0, 0.05) is 6.42 Å². The van der Waals surface area contributed by atoms with Gasteiger partial charge in [0.25, 0.3) is 0 Å². The largest absolute Gasteiger partial charge is 0.481 e. The third-order valence-electron chi connectivity index (χ3n) is 3.71. The minimum atomic E-state index is -1.54. The first-order valence-electron chi connectivity index (χ1n) is 8.71. The SMILES string of the molecule is CC(C)C(NC(=O)C(N)CCC(=O)O)C(=O)NCC(=O)NC(CC(N)=O)C(=O)O. The summed E-state index contributed by atoms with van der Waals surface area (Å²) < 4.78 is 0. The summed E-state index contributed by atoms with van der Waals surface area (Å²) in [4.78, 5) is 68.5. The first kappa shape index (κ1) is 25.8. The normalized spacial score (nSPS) is 13.7. The van der Waals surface area contributed by atoms with E-state index in [2.05, 4.69) is 10.6 Å². The van der Waals surface area contributed by atoms with Crippen LogP contribution in [-0.4, -0.2) is 70.5 Å². The molecule has 164 valence electrons. The molecule has 13 heteroatoms. The molecule has 0 aromatic rings. The Kier molecular flexibility index (Phi) is 10.9. The van der Waals surface area contributed by atoms with Crippen molar-refractivity contribution in [3.05, 3.63) is 0 Å². The molecule has 0 aliphatic carbocycles. The van der Waals surface area contributed by atoms with Crippen LogP contribution in [0.5, 0.6) is 0 Å². The van der Waals surface area contributed by atoms with Crippen molar-refractivity contribution < 1.29 is 39.0 Å². The van der Waals surface area contributed by atoms with Gasteiger partial charge in [-0.25, -0.2) is 4.79 Å². The second-order valence-corrected chi connectivity index (χ2v) is 6.62. The average Bonchev–Trinajstić information content (AvgIpc) is 2.60.